The Balaban J connectivity index is 4.42. The first-order valence-electron chi connectivity index (χ1n) is 6.17. The van der Waals surface area contributed by atoms with Crippen LogP contribution in [0.5, 0.6) is 0 Å². The second kappa shape index (κ2) is 10.4. The molecule has 0 aromatic heterocycles. The highest BCUT2D eigenvalue weighted by Crippen LogP contribution is 2.01. The minimum Gasteiger partial charge on any atom is -0.461 e. The van der Waals surface area contributed by atoms with E-state index in [1.807, 2.05) is 12.2 Å². The van der Waals surface area contributed by atoms with Gasteiger partial charge >= 0.3 is 5.97 Å². The van der Waals surface area contributed by atoms with Crippen LogP contribution < -0.4 is 5.32 Å². The summed E-state index contributed by atoms with van der Waals surface area (Å²) in [6.07, 6.45) is 9.48. The van der Waals surface area contributed by atoms with Crippen LogP contribution in [-0.2, 0) is 9.53 Å². The topological polar surface area (TPSA) is 38.3 Å². The molecule has 0 radical (unpaired) electrons. The number of carbonyl (C=O) groups excluding carboxylic acids is 1. The minimum absolute atomic E-state index is 0.245. The van der Waals surface area contributed by atoms with Gasteiger partial charge in [0.05, 0.1) is 0 Å². The molecule has 0 aromatic rings. The van der Waals surface area contributed by atoms with E-state index in [1.54, 1.807) is 12.2 Å². The molecule has 0 unspecified atom stereocenters. The monoisotopic (exact) mass is 249 g/mol. The summed E-state index contributed by atoms with van der Waals surface area (Å²) in [7, 11) is 0. The van der Waals surface area contributed by atoms with E-state index >= 15 is 0 Å². The van der Waals surface area contributed by atoms with Gasteiger partial charge in [-0.2, -0.15) is 0 Å². The van der Waals surface area contributed by atoms with Gasteiger partial charge in [-0.15, -0.1) is 0 Å². The zero-order chi connectivity index (χ0) is 13.8. The Morgan fingerprint density at radius 1 is 1.28 bits per heavy atom. The zero-order valence-corrected chi connectivity index (χ0v) is 11.4. The summed E-state index contributed by atoms with van der Waals surface area (Å²) < 4.78 is 4.91. The van der Waals surface area contributed by atoms with Crippen LogP contribution in [0.1, 0.15) is 26.7 Å². The second-order valence-electron chi connectivity index (χ2n) is 3.83. The number of hydrogen-bond acceptors (Lipinski definition) is 3. The maximum absolute atomic E-state index is 10.7. The molecule has 0 spiro atoms. The average Bonchev–Trinajstić information content (AvgIpc) is 2.36. The minimum atomic E-state index is -0.295. The number of allylic oxidation sites excluding steroid dienone is 3. The fraction of sp³-hybridized carbons (Fsp3) is 0.400. The third-order valence-corrected chi connectivity index (χ3v) is 2.26. The first-order chi connectivity index (χ1) is 8.63. The zero-order valence-electron chi connectivity index (χ0n) is 11.4. The molecule has 0 bridgehead atoms. The van der Waals surface area contributed by atoms with Crippen molar-refractivity contribution in [3.63, 3.8) is 0 Å². The Hall–Kier alpha value is -1.77. The van der Waals surface area contributed by atoms with Crippen molar-refractivity contribution >= 4 is 5.97 Å². The summed E-state index contributed by atoms with van der Waals surface area (Å²) >= 11 is 0. The van der Waals surface area contributed by atoms with Crippen molar-refractivity contribution in [2.45, 2.75) is 26.7 Å². The molecule has 3 nitrogen and oxygen atoms in total. The van der Waals surface area contributed by atoms with Crippen LogP contribution in [0.3, 0.4) is 0 Å². The third kappa shape index (κ3) is 8.39. The Morgan fingerprint density at radius 2 is 2.00 bits per heavy atom. The molecule has 0 aliphatic heterocycles. The van der Waals surface area contributed by atoms with Crippen molar-refractivity contribution in [3.8, 4) is 0 Å². The number of nitrogens with one attached hydrogen (secondary N) is 1. The van der Waals surface area contributed by atoms with Crippen molar-refractivity contribution in [1.29, 1.82) is 0 Å². The predicted molar refractivity (Wildman–Crippen MR) is 76.1 cm³/mol. The Labute approximate surface area is 110 Å². The van der Waals surface area contributed by atoms with Gasteiger partial charge in [0.1, 0.15) is 6.61 Å². The van der Waals surface area contributed by atoms with Gasteiger partial charge in [-0.05, 0) is 24.1 Å². The van der Waals surface area contributed by atoms with Crippen LogP contribution in [0.25, 0.3) is 0 Å². The summed E-state index contributed by atoms with van der Waals surface area (Å²) in [5.41, 5.74) is 1.80. The van der Waals surface area contributed by atoms with Crippen molar-refractivity contribution in [3.05, 3.63) is 48.7 Å². The van der Waals surface area contributed by atoms with Gasteiger partial charge in [-0.25, -0.2) is 0 Å². The Bertz CT molecular complexity index is 340. The second-order valence-corrected chi connectivity index (χ2v) is 3.83. The molecule has 0 saturated carbocycles. The van der Waals surface area contributed by atoms with Gasteiger partial charge < -0.3 is 10.1 Å². The average molecular weight is 249 g/mol. The lowest BCUT2D eigenvalue weighted by Crippen LogP contribution is -2.12. The molecular formula is C15H23NO2. The number of carbonyl (C=O) groups is 1. The van der Waals surface area contributed by atoms with E-state index in [2.05, 4.69) is 25.4 Å². The maximum atomic E-state index is 10.7. The van der Waals surface area contributed by atoms with E-state index in [9.17, 15) is 4.79 Å². The first-order valence-corrected chi connectivity index (χ1v) is 6.17. The van der Waals surface area contributed by atoms with E-state index in [0.717, 1.165) is 30.7 Å². The van der Waals surface area contributed by atoms with E-state index in [1.165, 1.54) is 6.92 Å². The standard InChI is InChI=1S/C15H23NO2/c1-5-8-11-16-15(7-3)10-9-14(6-2)12-18-13(4)17/h6-7,9-10,16H,2-3,5,8,11-12H2,1,4H3/b14-9+,15-10+. The van der Waals surface area contributed by atoms with Gasteiger partial charge in [0.25, 0.3) is 0 Å². The van der Waals surface area contributed by atoms with E-state index in [0.29, 0.717) is 0 Å². The van der Waals surface area contributed by atoms with Crippen molar-refractivity contribution in [1.82, 2.24) is 5.32 Å². The van der Waals surface area contributed by atoms with Gasteiger partial charge in [-0.1, -0.05) is 38.7 Å². The summed E-state index contributed by atoms with van der Waals surface area (Å²) in [5, 5.41) is 3.27. The number of esters is 1. The Kier molecular flexibility index (Phi) is 9.37. The molecule has 0 saturated heterocycles. The van der Waals surface area contributed by atoms with Crippen LogP contribution in [0.15, 0.2) is 48.7 Å². The van der Waals surface area contributed by atoms with Crippen LogP contribution in [0, 0.1) is 0 Å². The predicted octanol–water partition coefficient (Wildman–Crippen LogP) is 3.12. The van der Waals surface area contributed by atoms with E-state index in [4.69, 9.17) is 4.74 Å². The van der Waals surface area contributed by atoms with Crippen LogP contribution in [-0.4, -0.2) is 19.1 Å². The molecule has 100 valence electrons. The number of unbranched alkanes of at least 4 members (excludes halogenated alkanes) is 1. The molecule has 3 heteroatoms. The van der Waals surface area contributed by atoms with Gasteiger partial charge in [-0.3, -0.25) is 4.79 Å². The van der Waals surface area contributed by atoms with Crippen molar-refractivity contribution in [2.24, 2.45) is 0 Å². The molecule has 0 rings (SSSR count). The lowest BCUT2D eigenvalue weighted by atomic mass is 10.2. The third-order valence-electron chi connectivity index (χ3n) is 2.26. The molecule has 0 fully saturated rings. The normalized spacial score (nSPS) is 11.9. The summed E-state index contributed by atoms with van der Waals surface area (Å²) in [6.45, 7) is 12.1. The van der Waals surface area contributed by atoms with Crippen molar-refractivity contribution < 1.29 is 9.53 Å². The molecule has 0 atom stereocenters. The highest BCUT2D eigenvalue weighted by atomic mass is 16.5. The largest absolute Gasteiger partial charge is 0.461 e. The summed E-state index contributed by atoms with van der Waals surface area (Å²) in [4.78, 5) is 10.7. The van der Waals surface area contributed by atoms with Crippen LogP contribution >= 0.6 is 0 Å². The fourth-order valence-electron chi connectivity index (χ4n) is 1.17. The van der Waals surface area contributed by atoms with Gasteiger partial charge in [0.15, 0.2) is 0 Å². The molecule has 0 aliphatic carbocycles. The quantitative estimate of drug-likeness (QED) is 0.387. The van der Waals surface area contributed by atoms with E-state index in [-0.39, 0.29) is 12.6 Å². The van der Waals surface area contributed by atoms with Crippen LogP contribution in [0.2, 0.25) is 0 Å². The Morgan fingerprint density at radius 3 is 2.50 bits per heavy atom. The summed E-state index contributed by atoms with van der Waals surface area (Å²) in [5.74, 6) is -0.295. The van der Waals surface area contributed by atoms with Gasteiger partial charge in [0, 0.05) is 19.2 Å². The maximum Gasteiger partial charge on any atom is 0.302 e. The number of ether oxygens (including phenoxy) is 1. The van der Waals surface area contributed by atoms with Crippen LogP contribution in [0.4, 0.5) is 0 Å². The van der Waals surface area contributed by atoms with Gasteiger partial charge in [0.2, 0.25) is 0 Å². The molecule has 0 aromatic carbocycles. The van der Waals surface area contributed by atoms with E-state index < -0.39 is 0 Å². The smallest absolute Gasteiger partial charge is 0.302 e. The fourth-order valence-corrected chi connectivity index (χ4v) is 1.17. The molecule has 18 heavy (non-hydrogen) atoms. The lowest BCUT2D eigenvalue weighted by molar-refractivity contribution is -0.139. The number of hydrogen-bond donors (Lipinski definition) is 1. The molecular weight excluding hydrogens is 226 g/mol. The molecule has 0 aliphatic rings. The van der Waals surface area contributed by atoms with Crippen molar-refractivity contribution in [2.75, 3.05) is 13.2 Å². The lowest BCUT2D eigenvalue weighted by Gasteiger charge is -2.05. The molecule has 0 amide bonds. The number of rotatable bonds is 9. The highest BCUT2D eigenvalue weighted by Gasteiger charge is 1.95. The SMILES string of the molecule is C=C/C(=C\C=C(/C=C)NCCCC)COC(C)=O. The first kappa shape index (κ1) is 16.2. The highest BCUT2D eigenvalue weighted by molar-refractivity contribution is 5.66. The molecule has 1 N–H and O–H groups in total. The summed E-state index contributed by atoms with van der Waals surface area (Å²) in [6, 6.07) is 0. The molecule has 0 heterocycles.